The van der Waals surface area contributed by atoms with Crippen molar-refractivity contribution in [2.75, 3.05) is 5.32 Å². The van der Waals surface area contributed by atoms with Gasteiger partial charge in [0.15, 0.2) is 5.69 Å². The maximum absolute atomic E-state index is 12.4. The van der Waals surface area contributed by atoms with Crippen LogP contribution in [0.1, 0.15) is 28.7 Å². The van der Waals surface area contributed by atoms with Crippen LogP contribution in [0.4, 0.5) is 5.69 Å². The predicted octanol–water partition coefficient (Wildman–Crippen LogP) is 1.81. The van der Waals surface area contributed by atoms with Crippen LogP contribution in [-0.2, 0) is 24.9 Å². The van der Waals surface area contributed by atoms with Crippen LogP contribution < -0.4 is 10.6 Å². The van der Waals surface area contributed by atoms with E-state index < -0.39 is 5.91 Å². The van der Waals surface area contributed by atoms with Crippen molar-refractivity contribution >= 4 is 23.6 Å². The molecule has 140 valence electrons. The topological polar surface area (TPSA) is 107 Å². The van der Waals surface area contributed by atoms with Gasteiger partial charge in [0, 0.05) is 37.6 Å². The molecule has 0 aliphatic rings. The van der Waals surface area contributed by atoms with Gasteiger partial charge in [-0.05, 0) is 25.1 Å². The van der Waals surface area contributed by atoms with E-state index in [1.807, 2.05) is 13.1 Å². The lowest BCUT2D eigenvalue weighted by Crippen LogP contribution is -2.24. The smallest absolute Gasteiger partial charge is 0.274 e. The molecular formula is C18H20N6O3. The summed E-state index contributed by atoms with van der Waals surface area (Å²) in [5, 5.41) is 13.6. The van der Waals surface area contributed by atoms with Gasteiger partial charge >= 0.3 is 0 Å². The highest BCUT2D eigenvalue weighted by atomic mass is 16.3. The van der Waals surface area contributed by atoms with E-state index in [0.29, 0.717) is 11.4 Å². The van der Waals surface area contributed by atoms with Crippen LogP contribution in [0, 0.1) is 0 Å². The van der Waals surface area contributed by atoms with Crippen LogP contribution in [0.25, 0.3) is 6.08 Å². The summed E-state index contributed by atoms with van der Waals surface area (Å²) in [6.45, 7) is 2.97. The van der Waals surface area contributed by atoms with E-state index in [2.05, 4.69) is 20.8 Å². The molecule has 0 saturated heterocycles. The fourth-order valence-electron chi connectivity index (χ4n) is 2.40. The SMILES string of the molecule is CCn1cc(/C=C/C(=O)Nc2cn(C)nc2C(=O)NCc2ccco2)cn1. The van der Waals surface area contributed by atoms with Crippen molar-refractivity contribution in [3.05, 3.63) is 60.1 Å². The number of aromatic nitrogens is 4. The van der Waals surface area contributed by atoms with Gasteiger partial charge in [0.1, 0.15) is 5.76 Å². The first-order valence-electron chi connectivity index (χ1n) is 8.41. The molecule has 0 atom stereocenters. The number of carbonyl (C=O) groups is 2. The van der Waals surface area contributed by atoms with Gasteiger partial charge in [-0.3, -0.25) is 19.0 Å². The van der Waals surface area contributed by atoms with Crippen LogP contribution in [0.15, 0.2) is 47.5 Å². The van der Waals surface area contributed by atoms with E-state index >= 15 is 0 Å². The first kappa shape index (κ1) is 18.2. The molecule has 0 unspecified atom stereocenters. The molecule has 0 aliphatic heterocycles. The molecule has 9 heteroatoms. The van der Waals surface area contributed by atoms with Gasteiger partial charge in [-0.1, -0.05) is 0 Å². The minimum atomic E-state index is -0.407. The summed E-state index contributed by atoms with van der Waals surface area (Å²) < 4.78 is 8.41. The Morgan fingerprint density at radius 3 is 2.89 bits per heavy atom. The highest BCUT2D eigenvalue weighted by Gasteiger charge is 2.17. The van der Waals surface area contributed by atoms with Gasteiger partial charge in [-0.2, -0.15) is 10.2 Å². The van der Waals surface area contributed by atoms with E-state index in [0.717, 1.165) is 12.1 Å². The fraction of sp³-hybridized carbons (Fsp3) is 0.222. The molecule has 0 radical (unpaired) electrons. The minimum absolute atomic E-state index is 0.129. The summed E-state index contributed by atoms with van der Waals surface area (Å²) in [6.07, 6.45) is 9.65. The molecule has 0 aliphatic carbocycles. The molecule has 0 bridgehead atoms. The van der Waals surface area contributed by atoms with Crippen molar-refractivity contribution in [1.29, 1.82) is 0 Å². The number of furan rings is 1. The Morgan fingerprint density at radius 2 is 2.19 bits per heavy atom. The molecule has 0 saturated carbocycles. The number of nitrogens with one attached hydrogen (secondary N) is 2. The van der Waals surface area contributed by atoms with Gasteiger partial charge in [0.05, 0.1) is 24.7 Å². The number of hydrogen-bond acceptors (Lipinski definition) is 5. The summed E-state index contributed by atoms with van der Waals surface area (Å²) in [5.41, 5.74) is 1.27. The molecule has 2 N–H and O–H groups in total. The van der Waals surface area contributed by atoms with Crippen molar-refractivity contribution in [1.82, 2.24) is 24.9 Å². The quantitative estimate of drug-likeness (QED) is 0.619. The molecule has 3 aromatic rings. The van der Waals surface area contributed by atoms with Gasteiger partial charge in [0.2, 0.25) is 5.91 Å². The monoisotopic (exact) mass is 368 g/mol. The van der Waals surface area contributed by atoms with Crippen LogP contribution in [0.2, 0.25) is 0 Å². The Kier molecular flexibility index (Phi) is 5.50. The van der Waals surface area contributed by atoms with Crippen LogP contribution in [0.3, 0.4) is 0 Å². The van der Waals surface area contributed by atoms with Crippen LogP contribution in [0.5, 0.6) is 0 Å². The van der Waals surface area contributed by atoms with Gasteiger partial charge < -0.3 is 15.1 Å². The largest absolute Gasteiger partial charge is 0.467 e. The molecule has 3 aromatic heterocycles. The molecule has 9 nitrogen and oxygen atoms in total. The summed E-state index contributed by atoms with van der Waals surface area (Å²) in [7, 11) is 1.67. The van der Waals surface area contributed by atoms with Crippen LogP contribution >= 0.6 is 0 Å². The van der Waals surface area contributed by atoms with Crippen molar-refractivity contribution in [2.45, 2.75) is 20.0 Å². The average molecular weight is 368 g/mol. The van der Waals surface area contributed by atoms with Crippen molar-refractivity contribution in [3.8, 4) is 0 Å². The molecule has 3 rings (SSSR count). The highest BCUT2D eigenvalue weighted by molar-refractivity contribution is 6.06. The second-order valence-corrected chi connectivity index (χ2v) is 5.78. The summed E-state index contributed by atoms with van der Waals surface area (Å²) in [4.78, 5) is 24.5. The summed E-state index contributed by atoms with van der Waals surface area (Å²) >= 11 is 0. The second kappa shape index (κ2) is 8.17. The van der Waals surface area contributed by atoms with Gasteiger partial charge in [-0.25, -0.2) is 0 Å². The number of rotatable bonds is 7. The van der Waals surface area contributed by atoms with Crippen molar-refractivity contribution < 1.29 is 14.0 Å². The number of hydrogen-bond donors (Lipinski definition) is 2. The van der Waals surface area contributed by atoms with E-state index in [4.69, 9.17) is 4.42 Å². The minimum Gasteiger partial charge on any atom is -0.467 e. The maximum atomic E-state index is 12.4. The Labute approximate surface area is 155 Å². The van der Waals surface area contributed by atoms with Gasteiger partial charge in [-0.15, -0.1) is 0 Å². The molecule has 3 heterocycles. The summed E-state index contributed by atoms with van der Waals surface area (Å²) in [6, 6.07) is 3.50. The standard InChI is InChI=1S/C18H20N6O3/c1-3-24-11-13(9-20-24)6-7-16(25)21-15-12-23(2)22-17(15)18(26)19-10-14-5-4-8-27-14/h4-9,11-12H,3,10H2,1-2H3,(H,19,26)(H,21,25)/b7-6+. The Bertz CT molecular complexity index is 952. The molecule has 2 amide bonds. The maximum Gasteiger partial charge on any atom is 0.274 e. The average Bonchev–Trinajstić information content (AvgIpc) is 3.39. The lowest BCUT2D eigenvalue weighted by molar-refractivity contribution is -0.111. The van der Waals surface area contributed by atoms with E-state index in [1.165, 1.54) is 17.0 Å². The van der Waals surface area contributed by atoms with E-state index in [1.54, 1.807) is 42.3 Å². The second-order valence-electron chi connectivity index (χ2n) is 5.78. The number of carbonyl (C=O) groups excluding carboxylic acids is 2. The summed E-state index contributed by atoms with van der Waals surface area (Å²) in [5.74, 6) is -0.150. The molecule has 27 heavy (non-hydrogen) atoms. The third kappa shape index (κ3) is 4.72. The van der Waals surface area contributed by atoms with Crippen molar-refractivity contribution in [2.24, 2.45) is 7.05 Å². The van der Waals surface area contributed by atoms with Crippen LogP contribution in [-0.4, -0.2) is 31.4 Å². The lowest BCUT2D eigenvalue weighted by atomic mass is 10.3. The number of aryl methyl sites for hydroxylation is 2. The predicted molar refractivity (Wildman–Crippen MR) is 98.7 cm³/mol. The molecule has 0 fully saturated rings. The normalized spacial score (nSPS) is 11.0. The fourth-order valence-corrected chi connectivity index (χ4v) is 2.40. The zero-order valence-electron chi connectivity index (χ0n) is 15.0. The Balaban J connectivity index is 1.64. The molecule has 0 spiro atoms. The van der Waals surface area contributed by atoms with Gasteiger partial charge in [0.25, 0.3) is 5.91 Å². The van der Waals surface area contributed by atoms with E-state index in [9.17, 15) is 9.59 Å². The zero-order valence-corrected chi connectivity index (χ0v) is 15.0. The third-order valence-electron chi connectivity index (χ3n) is 3.71. The first-order valence-corrected chi connectivity index (χ1v) is 8.41. The number of anilines is 1. The molecular weight excluding hydrogens is 348 g/mol. The Hall–Kier alpha value is -3.62. The molecule has 0 aromatic carbocycles. The highest BCUT2D eigenvalue weighted by Crippen LogP contribution is 2.14. The number of amides is 2. The number of nitrogens with zero attached hydrogens (tertiary/aromatic N) is 4. The lowest BCUT2D eigenvalue weighted by Gasteiger charge is -2.04. The Morgan fingerprint density at radius 1 is 1.33 bits per heavy atom. The third-order valence-corrected chi connectivity index (χ3v) is 3.71. The zero-order chi connectivity index (χ0) is 19.2. The van der Waals surface area contributed by atoms with E-state index in [-0.39, 0.29) is 18.1 Å². The van der Waals surface area contributed by atoms with Crippen molar-refractivity contribution in [3.63, 3.8) is 0 Å². The first-order chi connectivity index (χ1) is 13.0.